The number of hydrogen-bond acceptors (Lipinski definition) is 6. The molecule has 2 saturated heterocycles. The van der Waals surface area contributed by atoms with E-state index in [-0.39, 0.29) is 11.2 Å². The molecule has 2 aromatic carbocycles. The summed E-state index contributed by atoms with van der Waals surface area (Å²) in [6, 6.07) is 18.6. The summed E-state index contributed by atoms with van der Waals surface area (Å²) in [4.78, 5) is 11.7. The van der Waals surface area contributed by atoms with Gasteiger partial charge < -0.3 is 25.0 Å². The van der Waals surface area contributed by atoms with Crippen LogP contribution in [0.4, 0.5) is 16.2 Å². The molecule has 2 aliphatic rings. The van der Waals surface area contributed by atoms with Gasteiger partial charge in [0.15, 0.2) is 5.11 Å². The first-order valence-corrected chi connectivity index (χ1v) is 13.7. The van der Waals surface area contributed by atoms with Gasteiger partial charge in [0.2, 0.25) is 11.8 Å². The Morgan fingerprint density at radius 2 is 1.87 bits per heavy atom. The standard InChI is InChI=1S/C29H34FN5O2S/c1-21-7-5-6-16-35(21)25-19-26(37-24-8-3-2-4-9-24)33-27(32-25)34-28(38)31-20-29(14-17-36-18-15-29)22-10-12-23(30)13-11-22/h2-4,8-13,19,21H,5-7,14-18,20H2,1H3,(H2,31,32,33,34,38)/t21-/m1/s1. The quantitative estimate of drug-likeness (QED) is 0.367. The van der Waals surface area contributed by atoms with Gasteiger partial charge in [-0.05, 0) is 81.1 Å². The topological polar surface area (TPSA) is 71.5 Å². The zero-order valence-electron chi connectivity index (χ0n) is 21.7. The van der Waals surface area contributed by atoms with E-state index >= 15 is 0 Å². The third-order valence-corrected chi connectivity index (χ3v) is 7.72. The number of ether oxygens (including phenoxy) is 2. The predicted octanol–water partition coefficient (Wildman–Crippen LogP) is 5.82. The Balaban J connectivity index is 1.33. The van der Waals surface area contributed by atoms with Gasteiger partial charge >= 0.3 is 0 Å². The summed E-state index contributed by atoms with van der Waals surface area (Å²) in [7, 11) is 0. The Morgan fingerprint density at radius 1 is 1.11 bits per heavy atom. The molecule has 1 aromatic heterocycles. The number of nitrogens with zero attached hydrogens (tertiary/aromatic N) is 3. The smallest absolute Gasteiger partial charge is 0.234 e. The van der Waals surface area contributed by atoms with Gasteiger partial charge in [-0.25, -0.2) is 4.39 Å². The molecule has 0 spiro atoms. The number of halogens is 1. The van der Waals surface area contributed by atoms with Crippen molar-refractivity contribution >= 4 is 29.1 Å². The Kier molecular flexibility index (Phi) is 8.34. The highest BCUT2D eigenvalue weighted by molar-refractivity contribution is 7.80. The lowest BCUT2D eigenvalue weighted by atomic mass is 9.74. The zero-order chi connectivity index (χ0) is 26.4. The molecular formula is C29H34FN5O2S. The molecule has 3 heterocycles. The van der Waals surface area contributed by atoms with E-state index < -0.39 is 0 Å². The van der Waals surface area contributed by atoms with Crippen LogP contribution in [0.2, 0.25) is 0 Å². The van der Waals surface area contributed by atoms with Gasteiger partial charge in [-0.2, -0.15) is 9.97 Å². The van der Waals surface area contributed by atoms with E-state index in [1.54, 1.807) is 0 Å². The average Bonchev–Trinajstić information content (AvgIpc) is 2.93. The number of rotatable bonds is 7. The van der Waals surface area contributed by atoms with Crippen LogP contribution in [0.1, 0.15) is 44.6 Å². The molecule has 2 fully saturated rings. The summed E-state index contributed by atoms with van der Waals surface area (Å²) in [6.07, 6.45) is 5.11. The molecule has 1 atom stereocenters. The van der Waals surface area contributed by atoms with Crippen molar-refractivity contribution < 1.29 is 13.9 Å². The van der Waals surface area contributed by atoms with E-state index in [2.05, 4.69) is 27.4 Å². The molecule has 0 radical (unpaired) electrons. The number of nitrogens with one attached hydrogen (secondary N) is 2. The molecule has 38 heavy (non-hydrogen) atoms. The summed E-state index contributed by atoms with van der Waals surface area (Å²) in [5.74, 6) is 2.12. The summed E-state index contributed by atoms with van der Waals surface area (Å²) in [5.41, 5.74) is 0.874. The SMILES string of the molecule is C[C@@H]1CCCCN1c1cc(Oc2ccccc2)nc(NC(=S)NCC2(c3ccc(F)cc3)CCOCC2)n1. The highest BCUT2D eigenvalue weighted by Crippen LogP contribution is 2.34. The lowest BCUT2D eigenvalue weighted by Crippen LogP contribution is -2.45. The molecule has 7 nitrogen and oxygen atoms in total. The van der Waals surface area contributed by atoms with Crippen molar-refractivity contribution in [3.63, 3.8) is 0 Å². The number of piperidine rings is 1. The van der Waals surface area contributed by atoms with E-state index in [0.29, 0.717) is 48.5 Å². The summed E-state index contributed by atoms with van der Waals surface area (Å²) < 4.78 is 25.3. The molecule has 3 aromatic rings. The first-order valence-electron chi connectivity index (χ1n) is 13.3. The minimum absolute atomic E-state index is 0.203. The third-order valence-electron chi connectivity index (χ3n) is 7.47. The second kappa shape index (κ2) is 12.0. The second-order valence-electron chi connectivity index (χ2n) is 10.0. The van der Waals surface area contributed by atoms with Crippen molar-refractivity contribution in [2.45, 2.75) is 50.5 Å². The third kappa shape index (κ3) is 6.39. The molecule has 0 amide bonds. The van der Waals surface area contributed by atoms with Crippen molar-refractivity contribution in [3.8, 4) is 11.6 Å². The van der Waals surface area contributed by atoms with Crippen molar-refractivity contribution in [1.29, 1.82) is 0 Å². The lowest BCUT2D eigenvalue weighted by molar-refractivity contribution is 0.0515. The maximum Gasteiger partial charge on any atom is 0.234 e. The monoisotopic (exact) mass is 535 g/mol. The van der Waals surface area contributed by atoms with Crippen LogP contribution < -0.4 is 20.3 Å². The van der Waals surface area contributed by atoms with Gasteiger partial charge in [0.25, 0.3) is 0 Å². The number of para-hydroxylation sites is 1. The maximum atomic E-state index is 13.6. The number of hydrogen-bond donors (Lipinski definition) is 2. The van der Waals surface area contributed by atoms with Crippen molar-refractivity contribution in [2.24, 2.45) is 0 Å². The molecule has 0 bridgehead atoms. The predicted molar refractivity (Wildman–Crippen MR) is 152 cm³/mol. The van der Waals surface area contributed by atoms with Crippen molar-refractivity contribution in [3.05, 3.63) is 72.0 Å². The largest absolute Gasteiger partial charge is 0.439 e. The highest BCUT2D eigenvalue weighted by Gasteiger charge is 2.34. The van der Waals surface area contributed by atoms with Gasteiger partial charge in [0.1, 0.15) is 17.4 Å². The molecule has 9 heteroatoms. The molecule has 0 unspecified atom stereocenters. The van der Waals surface area contributed by atoms with Gasteiger partial charge in [0, 0.05) is 43.8 Å². The summed E-state index contributed by atoms with van der Waals surface area (Å²) in [5, 5.41) is 6.97. The van der Waals surface area contributed by atoms with Crippen LogP contribution in [0.15, 0.2) is 60.7 Å². The maximum absolute atomic E-state index is 13.6. The van der Waals surface area contributed by atoms with Gasteiger partial charge in [-0.1, -0.05) is 30.3 Å². The van der Waals surface area contributed by atoms with Gasteiger partial charge in [0.05, 0.1) is 0 Å². The molecule has 0 saturated carbocycles. The molecular weight excluding hydrogens is 501 g/mol. The molecule has 200 valence electrons. The fraction of sp³-hybridized carbons (Fsp3) is 0.414. The minimum atomic E-state index is -0.241. The zero-order valence-corrected chi connectivity index (χ0v) is 22.5. The van der Waals surface area contributed by atoms with Gasteiger partial charge in [-0.15, -0.1) is 0 Å². The van der Waals surface area contributed by atoms with E-state index in [0.717, 1.165) is 43.6 Å². The number of benzene rings is 2. The fourth-order valence-electron chi connectivity index (χ4n) is 5.24. The number of thiocarbonyl (C=S) groups is 1. The van der Waals surface area contributed by atoms with Crippen LogP contribution in [0.5, 0.6) is 11.6 Å². The Labute approximate surface area is 228 Å². The minimum Gasteiger partial charge on any atom is -0.439 e. The summed E-state index contributed by atoms with van der Waals surface area (Å²) in [6.45, 7) is 5.05. The average molecular weight is 536 g/mol. The lowest BCUT2D eigenvalue weighted by Gasteiger charge is -2.38. The van der Waals surface area contributed by atoms with Crippen molar-refractivity contribution in [1.82, 2.24) is 15.3 Å². The molecule has 0 aliphatic carbocycles. The van der Waals surface area contributed by atoms with E-state index in [4.69, 9.17) is 26.7 Å². The van der Waals surface area contributed by atoms with Crippen LogP contribution in [-0.4, -0.2) is 47.4 Å². The number of anilines is 2. The summed E-state index contributed by atoms with van der Waals surface area (Å²) >= 11 is 5.67. The molecule has 2 N–H and O–H groups in total. The second-order valence-corrected chi connectivity index (χ2v) is 10.5. The van der Waals surface area contributed by atoms with Crippen LogP contribution in [0, 0.1) is 5.82 Å². The van der Waals surface area contributed by atoms with Crippen LogP contribution >= 0.6 is 12.2 Å². The Bertz CT molecular complexity index is 1220. The normalized spacial score (nSPS) is 19.0. The van der Waals surface area contributed by atoms with Crippen LogP contribution in [-0.2, 0) is 10.2 Å². The van der Waals surface area contributed by atoms with E-state index in [1.165, 1.54) is 18.6 Å². The number of aromatic nitrogens is 2. The molecule has 5 rings (SSSR count). The van der Waals surface area contributed by atoms with Crippen LogP contribution in [0.3, 0.4) is 0 Å². The first kappa shape index (κ1) is 26.3. The Morgan fingerprint density at radius 3 is 2.61 bits per heavy atom. The Hall–Kier alpha value is -3.30. The van der Waals surface area contributed by atoms with Gasteiger partial charge in [-0.3, -0.25) is 0 Å². The van der Waals surface area contributed by atoms with E-state index in [9.17, 15) is 4.39 Å². The fourth-order valence-corrected chi connectivity index (χ4v) is 5.41. The van der Waals surface area contributed by atoms with Crippen LogP contribution in [0.25, 0.3) is 0 Å². The molecule has 2 aliphatic heterocycles. The van der Waals surface area contributed by atoms with Crippen molar-refractivity contribution in [2.75, 3.05) is 36.5 Å². The van der Waals surface area contributed by atoms with E-state index in [1.807, 2.05) is 48.5 Å². The first-order chi connectivity index (χ1) is 18.5. The highest BCUT2D eigenvalue weighted by atomic mass is 32.1.